The highest BCUT2D eigenvalue weighted by molar-refractivity contribution is 7.88. The van der Waals surface area contributed by atoms with E-state index in [0.717, 1.165) is 0 Å². The predicted octanol–water partition coefficient (Wildman–Crippen LogP) is 0.0894. The van der Waals surface area contributed by atoms with E-state index in [0.29, 0.717) is 23.2 Å². The van der Waals surface area contributed by atoms with Gasteiger partial charge in [-0.15, -0.1) is 0 Å². The zero-order valence-electron chi connectivity index (χ0n) is 10.6. The van der Waals surface area contributed by atoms with Crippen LogP contribution >= 0.6 is 0 Å². The van der Waals surface area contributed by atoms with Crippen LogP contribution in [0.3, 0.4) is 0 Å². The van der Waals surface area contributed by atoms with Gasteiger partial charge in [-0.3, -0.25) is 4.79 Å². The van der Waals surface area contributed by atoms with E-state index in [4.69, 9.17) is 4.52 Å². The molecule has 1 aromatic heterocycles. The van der Waals surface area contributed by atoms with Crippen molar-refractivity contribution < 1.29 is 17.7 Å². The van der Waals surface area contributed by atoms with E-state index in [1.54, 1.807) is 24.3 Å². The molecule has 0 aliphatic carbocycles. The van der Waals surface area contributed by atoms with Gasteiger partial charge in [-0.1, -0.05) is 17.3 Å². The molecule has 106 valence electrons. The van der Waals surface area contributed by atoms with Gasteiger partial charge >= 0.3 is 0 Å². The Hall–Kier alpha value is -1.93. The summed E-state index contributed by atoms with van der Waals surface area (Å²) in [6, 6.07) is 7.08. The highest BCUT2D eigenvalue weighted by atomic mass is 32.2. The van der Waals surface area contributed by atoms with Crippen LogP contribution in [0.15, 0.2) is 28.8 Å². The summed E-state index contributed by atoms with van der Waals surface area (Å²) in [4.78, 5) is 11.3. The Balaban J connectivity index is 1.87. The fourth-order valence-electron chi connectivity index (χ4n) is 2.16. The van der Waals surface area contributed by atoms with Crippen LogP contribution in [-0.4, -0.2) is 43.4 Å². The summed E-state index contributed by atoms with van der Waals surface area (Å²) < 4.78 is 30.9. The van der Waals surface area contributed by atoms with Crippen molar-refractivity contribution in [2.45, 2.75) is 5.75 Å². The largest absolute Gasteiger partial charge is 0.356 e. The van der Waals surface area contributed by atoms with Crippen molar-refractivity contribution in [2.75, 3.05) is 19.6 Å². The van der Waals surface area contributed by atoms with E-state index in [1.807, 2.05) is 0 Å². The molecule has 8 heteroatoms. The smallest absolute Gasteiger partial charge is 0.235 e. The van der Waals surface area contributed by atoms with Crippen LogP contribution in [-0.2, 0) is 20.6 Å². The molecule has 1 fully saturated rings. The van der Waals surface area contributed by atoms with E-state index in [1.165, 1.54) is 4.31 Å². The molecule has 0 radical (unpaired) electrons. The van der Waals surface area contributed by atoms with Gasteiger partial charge in [0.1, 0.15) is 11.4 Å². The molecule has 1 N–H and O–H groups in total. The molecule has 1 aromatic carbocycles. The van der Waals surface area contributed by atoms with Crippen LogP contribution in [0, 0.1) is 0 Å². The Labute approximate surface area is 115 Å². The second kappa shape index (κ2) is 4.88. The second-order valence-corrected chi connectivity index (χ2v) is 6.53. The molecular weight excluding hydrogens is 282 g/mol. The number of nitrogens with one attached hydrogen (secondary N) is 1. The molecule has 0 unspecified atom stereocenters. The number of para-hydroxylation sites is 1. The van der Waals surface area contributed by atoms with Crippen molar-refractivity contribution in [3.8, 4) is 0 Å². The molecule has 1 aliphatic heterocycles. The molecule has 1 amide bonds. The minimum Gasteiger partial charge on any atom is -0.356 e. The Morgan fingerprint density at radius 2 is 2.15 bits per heavy atom. The Bertz CT molecular complexity index is 753. The summed E-state index contributed by atoms with van der Waals surface area (Å²) in [5, 5.41) is 7.08. The van der Waals surface area contributed by atoms with E-state index >= 15 is 0 Å². The number of piperazine rings is 1. The highest BCUT2D eigenvalue weighted by Crippen LogP contribution is 2.21. The van der Waals surface area contributed by atoms with Crippen molar-refractivity contribution in [1.29, 1.82) is 0 Å². The van der Waals surface area contributed by atoms with Crippen LogP contribution in [0.25, 0.3) is 11.0 Å². The maximum atomic E-state index is 12.3. The quantitative estimate of drug-likeness (QED) is 0.866. The number of rotatable bonds is 3. The SMILES string of the molecule is O=C1CN(S(=O)(=O)Cc2noc3ccccc23)CCN1. The van der Waals surface area contributed by atoms with Crippen LogP contribution in [0.4, 0.5) is 0 Å². The third-order valence-electron chi connectivity index (χ3n) is 3.17. The third kappa shape index (κ3) is 2.39. The monoisotopic (exact) mass is 295 g/mol. The molecule has 2 aromatic rings. The predicted molar refractivity (Wildman–Crippen MR) is 71.2 cm³/mol. The lowest BCUT2D eigenvalue weighted by Crippen LogP contribution is -2.50. The van der Waals surface area contributed by atoms with Crippen molar-refractivity contribution >= 4 is 26.9 Å². The molecule has 2 heterocycles. The molecule has 7 nitrogen and oxygen atoms in total. The number of sulfonamides is 1. The lowest BCUT2D eigenvalue weighted by molar-refractivity contribution is -0.122. The van der Waals surface area contributed by atoms with Crippen molar-refractivity contribution in [1.82, 2.24) is 14.8 Å². The van der Waals surface area contributed by atoms with Gasteiger partial charge in [-0.2, -0.15) is 4.31 Å². The summed E-state index contributed by atoms with van der Waals surface area (Å²) in [6.07, 6.45) is 0. The Morgan fingerprint density at radius 3 is 2.95 bits per heavy atom. The third-order valence-corrected chi connectivity index (χ3v) is 4.90. The van der Waals surface area contributed by atoms with Crippen molar-refractivity contribution in [3.63, 3.8) is 0 Å². The van der Waals surface area contributed by atoms with Crippen LogP contribution < -0.4 is 5.32 Å². The number of amides is 1. The average molecular weight is 295 g/mol. The highest BCUT2D eigenvalue weighted by Gasteiger charge is 2.29. The van der Waals surface area contributed by atoms with Crippen LogP contribution in [0.1, 0.15) is 5.69 Å². The number of hydrogen-bond donors (Lipinski definition) is 1. The molecule has 20 heavy (non-hydrogen) atoms. The summed E-state index contributed by atoms with van der Waals surface area (Å²) in [5.41, 5.74) is 0.917. The Morgan fingerprint density at radius 1 is 1.35 bits per heavy atom. The number of aromatic nitrogens is 1. The lowest BCUT2D eigenvalue weighted by Gasteiger charge is -2.25. The fourth-order valence-corrected chi connectivity index (χ4v) is 3.58. The van der Waals surface area contributed by atoms with E-state index in [9.17, 15) is 13.2 Å². The number of fused-ring (bicyclic) bond motifs is 1. The maximum Gasteiger partial charge on any atom is 0.235 e. The number of carbonyl (C=O) groups excluding carboxylic acids is 1. The first-order chi connectivity index (χ1) is 9.56. The van der Waals surface area contributed by atoms with E-state index in [-0.39, 0.29) is 24.7 Å². The van der Waals surface area contributed by atoms with Gasteiger partial charge in [0.25, 0.3) is 0 Å². The van der Waals surface area contributed by atoms with Gasteiger partial charge < -0.3 is 9.84 Å². The first-order valence-corrected chi connectivity index (χ1v) is 7.75. The zero-order chi connectivity index (χ0) is 14.2. The maximum absolute atomic E-state index is 12.3. The van der Waals surface area contributed by atoms with Gasteiger partial charge in [0.2, 0.25) is 15.9 Å². The Kier molecular flexibility index (Phi) is 3.19. The number of benzene rings is 1. The standard InChI is InChI=1S/C12H13N3O4S/c16-12-7-15(6-5-13-12)20(17,18)8-10-9-3-1-2-4-11(9)19-14-10/h1-4H,5-8H2,(H,13,16). The van der Waals surface area contributed by atoms with Gasteiger partial charge in [0.05, 0.1) is 6.54 Å². The minimum atomic E-state index is -3.58. The van der Waals surface area contributed by atoms with Crippen LogP contribution in [0.2, 0.25) is 0 Å². The fraction of sp³-hybridized carbons (Fsp3) is 0.333. The molecule has 3 rings (SSSR count). The normalized spacial score (nSPS) is 17.3. The van der Waals surface area contributed by atoms with Crippen molar-refractivity contribution in [2.24, 2.45) is 0 Å². The topological polar surface area (TPSA) is 92.5 Å². The molecule has 0 atom stereocenters. The molecule has 0 bridgehead atoms. The summed E-state index contributed by atoms with van der Waals surface area (Å²) in [7, 11) is -3.58. The molecule has 1 aliphatic rings. The summed E-state index contributed by atoms with van der Waals surface area (Å²) in [5.74, 6) is -0.554. The second-order valence-electron chi connectivity index (χ2n) is 4.57. The first kappa shape index (κ1) is 13.1. The van der Waals surface area contributed by atoms with Gasteiger partial charge in [0, 0.05) is 18.5 Å². The lowest BCUT2D eigenvalue weighted by atomic mass is 10.2. The minimum absolute atomic E-state index is 0.141. The number of nitrogens with zero attached hydrogens (tertiary/aromatic N) is 2. The van der Waals surface area contributed by atoms with Crippen LogP contribution in [0.5, 0.6) is 0 Å². The van der Waals surface area contributed by atoms with Gasteiger partial charge in [-0.25, -0.2) is 8.42 Å². The molecule has 0 saturated carbocycles. The zero-order valence-corrected chi connectivity index (χ0v) is 11.4. The van der Waals surface area contributed by atoms with E-state index < -0.39 is 10.0 Å². The first-order valence-electron chi connectivity index (χ1n) is 6.14. The van der Waals surface area contributed by atoms with Crippen molar-refractivity contribution in [3.05, 3.63) is 30.0 Å². The summed E-state index contributed by atoms with van der Waals surface area (Å²) >= 11 is 0. The number of carbonyl (C=O) groups is 1. The summed E-state index contributed by atoms with van der Waals surface area (Å²) in [6.45, 7) is 0.472. The molecule has 0 spiro atoms. The molecular formula is C12H13N3O4S. The van der Waals surface area contributed by atoms with Gasteiger partial charge in [0.15, 0.2) is 5.58 Å². The average Bonchev–Trinajstić information content (AvgIpc) is 2.82. The molecule has 1 saturated heterocycles. The van der Waals surface area contributed by atoms with E-state index in [2.05, 4.69) is 10.5 Å². The van der Waals surface area contributed by atoms with Gasteiger partial charge in [-0.05, 0) is 12.1 Å². The number of hydrogen-bond acceptors (Lipinski definition) is 5.